The Bertz CT molecular complexity index is 456. The maximum Gasteiger partial charge on any atom is 0.226 e. The summed E-state index contributed by atoms with van der Waals surface area (Å²) < 4.78 is 10.1. The minimum absolute atomic E-state index is 0.315. The van der Waals surface area contributed by atoms with E-state index < -0.39 is 0 Å². The van der Waals surface area contributed by atoms with Crippen molar-refractivity contribution in [2.24, 2.45) is 5.73 Å². The molecule has 2 aromatic heterocycles. The van der Waals surface area contributed by atoms with Crippen molar-refractivity contribution in [3.63, 3.8) is 0 Å². The molecular formula is C12H17N3O2S. The number of thiophene rings is 1. The number of nitrogens with zero attached hydrogens (tertiary/aromatic N) is 2. The van der Waals surface area contributed by atoms with Crippen LogP contribution in [0.5, 0.6) is 0 Å². The van der Waals surface area contributed by atoms with E-state index in [0.717, 1.165) is 19.3 Å². The summed E-state index contributed by atoms with van der Waals surface area (Å²) in [5, 5.41) is 5.95. The van der Waals surface area contributed by atoms with Crippen molar-refractivity contribution in [3.05, 3.63) is 34.1 Å². The Morgan fingerprint density at radius 2 is 2.39 bits per heavy atom. The van der Waals surface area contributed by atoms with Crippen LogP contribution in [-0.2, 0) is 17.6 Å². The van der Waals surface area contributed by atoms with Gasteiger partial charge in [0.15, 0.2) is 5.82 Å². The van der Waals surface area contributed by atoms with Gasteiger partial charge in [0.1, 0.15) is 0 Å². The summed E-state index contributed by atoms with van der Waals surface area (Å²) in [6.07, 6.45) is 2.83. The van der Waals surface area contributed by atoms with Gasteiger partial charge in [-0.1, -0.05) is 11.2 Å². The maximum atomic E-state index is 5.82. The molecule has 0 aliphatic carbocycles. The molecule has 5 nitrogen and oxygen atoms in total. The molecule has 2 heterocycles. The van der Waals surface area contributed by atoms with Gasteiger partial charge in [-0.25, -0.2) is 0 Å². The van der Waals surface area contributed by atoms with E-state index in [1.54, 1.807) is 18.4 Å². The Kier molecular flexibility index (Phi) is 4.86. The van der Waals surface area contributed by atoms with Crippen molar-refractivity contribution in [1.29, 1.82) is 0 Å². The standard InChI is InChI=1S/C12H17N3O2S/c1-16-8-10(13)12-14-11(17-15-12)6-2-4-9-5-3-7-18-9/h3,5,7,10H,2,4,6,8,13H2,1H3. The molecule has 0 saturated carbocycles. The van der Waals surface area contributed by atoms with Gasteiger partial charge in [0.25, 0.3) is 0 Å². The highest BCUT2D eigenvalue weighted by Crippen LogP contribution is 2.13. The van der Waals surface area contributed by atoms with Gasteiger partial charge in [-0.3, -0.25) is 0 Å². The van der Waals surface area contributed by atoms with Crippen molar-refractivity contribution >= 4 is 11.3 Å². The minimum atomic E-state index is -0.315. The molecule has 0 spiro atoms. The zero-order valence-electron chi connectivity index (χ0n) is 10.3. The molecule has 0 radical (unpaired) electrons. The van der Waals surface area contributed by atoms with E-state index in [1.165, 1.54) is 4.88 Å². The number of hydrogen-bond donors (Lipinski definition) is 1. The van der Waals surface area contributed by atoms with E-state index in [-0.39, 0.29) is 6.04 Å². The summed E-state index contributed by atoms with van der Waals surface area (Å²) in [5.41, 5.74) is 5.82. The van der Waals surface area contributed by atoms with Gasteiger partial charge >= 0.3 is 0 Å². The second-order valence-corrected chi connectivity index (χ2v) is 5.07. The smallest absolute Gasteiger partial charge is 0.226 e. The quantitative estimate of drug-likeness (QED) is 0.830. The van der Waals surface area contributed by atoms with Crippen LogP contribution in [0.3, 0.4) is 0 Å². The fourth-order valence-electron chi connectivity index (χ4n) is 1.64. The topological polar surface area (TPSA) is 74.2 Å². The van der Waals surface area contributed by atoms with Crippen LogP contribution in [0.2, 0.25) is 0 Å². The second kappa shape index (κ2) is 6.63. The molecule has 2 N–H and O–H groups in total. The van der Waals surface area contributed by atoms with Crippen LogP contribution in [0.25, 0.3) is 0 Å². The molecule has 0 amide bonds. The van der Waals surface area contributed by atoms with Crippen LogP contribution >= 0.6 is 11.3 Å². The molecule has 0 saturated heterocycles. The van der Waals surface area contributed by atoms with Crippen LogP contribution in [-0.4, -0.2) is 23.9 Å². The first-order chi connectivity index (χ1) is 8.79. The number of methoxy groups -OCH3 is 1. The van der Waals surface area contributed by atoms with Gasteiger partial charge in [-0.2, -0.15) is 4.98 Å². The zero-order valence-corrected chi connectivity index (χ0v) is 11.2. The van der Waals surface area contributed by atoms with Crippen molar-refractivity contribution in [2.45, 2.75) is 25.3 Å². The lowest BCUT2D eigenvalue weighted by Gasteiger charge is -2.03. The van der Waals surface area contributed by atoms with Crippen LogP contribution in [0, 0.1) is 0 Å². The number of ether oxygens (including phenoxy) is 1. The summed E-state index contributed by atoms with van der Waals surface area (Å²) >= 11 is 1.77. The third kappa shape index (κ3) is 3.63. The normalized spacial score (nSPS) is 12.8. The monoisotopic (exact) mass is 267 g/mol. The highest BCUT2D eigenvalue weighted by molar-refractivity contribution is 7.09. The summed E-state index contributed by atoms with van der Waals surface area (Å²) in [6, 6.07) is 3.89. The number of aromatic nitrogens is 2. The average Bonchev–Trinajstić information content (AvgIpc) is 3.00. The summed E-state index contributed by atoms with van der Waals surface area (Å²) in [4.78, 5) is 5.65. The van der Waals surface area contributed by atoms with Gasteiger partial charge in [0.05, 0.1) is 12.6 Å². The molecule has 2 aromatic rings. The first-order valence-corrected chi connectivity index (χ1v) is 6.77. The molecule has 0 aliphatic heterocycles. The second-order valence-electron chi connectivity index (χ2n) is 4.04. The largest absolute Gasteiger partial charge is 0.383 e. The highest BCUT2D eigenvalue weighted by Gasteiger charge is 2.13. The van der Waals surface area contributed by atoms with Gasteiger partial charge in [0, 0.05) is 18.4 Å². The maximum absolute atomic E-state index is 5.82. The Labute approximate surface area is 110 Å². The summed E-state index contributed by atoms with van der Waals surface area (Å²) in [5.74, 6) is 1.16. The summed E-state index contributed by atoms with van der Waals surface area (Å²) in [7, 11) is 1.60. The van der Waals surface area contributed by atoms with Gasteiger partial charge in [-0.05, 0) is 24.3 Å². The van der Waals surface area contributed by atoms with Crippen molar-refractivity contribution in [3.8, 4) is 0 Å². The van der Waals surface area contributed by atoms with E-state index >= 15 is 0 Å². The molecular weight excluding hydrogens is 250 g/mol. The predicted octanol–water partition coefficient (Wildman–Crippen LogP) is 1.95. The lowest BCUT2D eigenvalue weighted by molar-refractivity contribution is 0.177. The Morgan fingerprint density at radius 3 is 3.11 bits per heavy atom. The number of nitrogens with two attached hydrogens (primary N) is 1. The Morgan fingerprint density at radius 1 is 1.50 bits per heavy atom. The van der Waals surface area contributed by atoms with Gasteiger partial charge in [-0.15, -0.1) is 11.3 Å². The highest BCUT2D eigenvalue weighted by atomic mass is 32.1. The molecule has 1 unspecified atom stereocenters. The minimum Gasteiger partial charge on any atom is -0.383 e. The van der Waals surface area contributed by atoms with Crippen molar-refractivity contribution in [1.82, 2.24) is 10.1 Å². The van der Waals surface area contributed by atoms with Crippen LogP contribution in [0.4, 0.5) is 0 Å². The van der Waals surface area contributed by atoms with E-state index in [0.29, 0.717) is 18.3 Å². The SMILES string of the molecule is COCC(N)c1noc(CCCc2cccs2)n1. The Hall–Kier alpha value is -1.24. The molecule has 2 rings (SSSR count). The average molecular weight is 267 g/mol. The molecule has 1 atom stereocenters. The van der Waals surface area contributed by atoms with Crippen molar-refractivity contribution < 1.29 is 9.26 Å². The number of aryl methyl sites for hydroxylation is 2. The molecule has 98 valence electrons. The van der Waals surface area contributed by atoms with Crippen LogP contribution in [0.1, 0.15) is 29.1 Å². The van der Waals surface area contributed by atoms with E-state index in [1.807, 2.05) is 0 Å². The fraction of sp³-hybridized carbons (Fsp3) is 0.500. The fourth-order valence-corrected chi connectivity index (χ4v) is 2.39. The van der Waals surface area contributed by atoms with E-state index in [2.05, 4.69) is 27.7 Å². The molecule has 0 bridgehead atoms. The predicted molar refractivity (Wildman–Crippen MR) is 69.4 cm³/mol. The lowest BCUT2D eigenvalue weighted by atomic mass is 10.2. The first kappa shape index (κ1) is 13.2. The molecule has 0 aromatic carbocycles. The van der Waals surface area contributed by atoms with Gasteiger partial charge < -0.3 is 15.0 Å². The summed E-state index contributed by atoms with van der Waals surface area (Å²) in [6.45, 7) is 0.397. The third-order valence-corrected chi connectivity index (χ3v) is 3.49. The lowest BCUT2D eigenvalue weighted by Crippen LogP contribution is -2.17. The first-order valence-electron chi connectivity index (χ1n) is 5.89. The molecule has 0 fully saturated rings. The van der Waals surface area contributed by atoms with Crippen LogP contribution in [0.15, 0.2) is 22.0 Å². The molecule has 6 heteroatoms. The van der Waals surface area contributed by atoms with Gasteiger partial charge in [0.2, 0.25) is 5.89 Å². The molecule has 0 aliphatic rings. The van der Waals surface area contributed by atoms with E-state index in [4.69, 9.17) is 15.0 Å². The zero-order chi connectivity index (χ0) is 12.8. The number of rotatable bonds is 7. The van der Waals surface area contributed by atoms with Crippen LogP contribution < -0.4 is 5.73 Å². The van der Waals surface area contributed by atoms with Crippen molar-refractivity contribution in [2.75, 3.05) is 13.7 Å². The molecule has 18 heavy (non-hydrogen) atoms. The third-order valence-electron chi connectivity index (χ3n) is 2.56. The van der Waals surface area contributed by atoms with E-state index in [9.17, 15) is 0 Å². The number of hydrogen-bond acceptors (Lipinski definition) is 6. The Balaban J connectivity index is 1.79.